The minimum absolute atomic E-state index is 0.249. The summed E-state index contributed by atoms with van der Waals surface area (Å²) < 4.78 is 10.9. The first kappa shape index (κ1) is 19.2. The van der Waals surface area contributed by atoms with E-state index in [-0.39, 0.29) is 18.1 Å². The Labute approximate surface area is 163 Å². The lowest BCUT2D eigenvalue weighted by atomic mass is 10.1. The Bertz CT molecular complexity index is 1060. The van der Waals surface area contributed by atoms with Gasteiger partial charge in [0, 0.05) is 5.69 Å². The fraction of sp³-hybridized carbons (Fsp3) is 0.227. The first-order chi connectivity index (χ1) is 13.4. The standard InChI is InChI=1S/C22H21N3O3/c1-13-6-5-7-21(14(13)2)24-22(26)19-9-8-18(10-17(19)11-23)27-12-20-15(3)25-28-16(20)4/h5-10H,12H2,1-4H3,(H,24,26). The highest BCUT2D eigenvalue weighted by molar-refractivity contribution is 6.06. The molecule has 0 spiro atoms. The number of rotatable bonds is 5. The fourth-order valence-corrected chi connectivity index (χ4v) is 2.84. The van der Waals surface area contributed by atoms with Crippen LogP contribution in [0.15, 0.2) is 40.9 Å². The zero-order valence-corrected chi connectivity index (χ0v) is 16.3. The van der Waals surface area contributed by atoms with E-state index in [9.17, 15) is 10.1 Å². The lowest BCUT2D eigenvalue weighted by Gasteiger charge is -2.12. The van der Waals surface area contributed by atoms with Crippen LogP contribution in [0, 0.1) is 39.0 Å². The molecule has 1 amide bonds. The van der Waals surface area contributed by atoms with Crippen molar-refractivity contribution < 1.29 is 14.1 Å². The number of nitrogens with zero attached hydrogens (tertiary/aromatic N) is 2. The number of nitrogens with one attached hydrogen (secondary N) is 1. The average Bonchev–Trinajstić information content (AvgIpc) is 3.01. The van der Waals surface area contributed by atoms with Crippen LogP contribution in [0.5, 0.6) is 5.75 Å². The molecule has 0 atom stereocenters. The number of carbonyl (C=O) groups excluding carboxylic acids is 1. The Morgan fingerprint density at radius 1 is 1.21 bits per heavy atom. The summed E-state index contributed by atoms with van der Waals surface area (Å²) in [7, 11) is 0. The first-order valence-electron chi connectivity index (χ1n) is 8.87. The summed E-state index contributed by atoms with van der Waals surface area (Å²) in [5.74, 6) is 0.866. The van der Waals surface area contributed by atoms with Crippen LogP contribution in [0.25, 0.3) is 0 Å². The van der Waals surface area contributed by atoms with Crippen LogP contribution in [0.3, 0.4) is 0 Å². The maximum Gasteiger partial charge on any atom is 0.257 e. The molecule has 0 fully saturated rings. The van der Waals surface area contributed by atoms with Crippen LogP contribution in [-0.2, 0) is 6.61 Å². The van der Waals surface area contributed by atoms with E-state index in [0.29, 0.717) is 17.1 Å². The quantitative estimate of drug-likeness (QED) is 0.703. The van der Waals surface area contributed by atoms with Gasteiger partial charge in [-0.05, 0) is 63.1 Å². The van der Waals surface area contributed by atoms with Gasteiger partial charge in [-0.3, -0.25) is 4.79 Å². The lowest BCUT2D eigenvalue weighted by molar-refractivity contribution is 0.102. The molecular weight excluding hydrogens is 354 g/mol. The van der Waals surface area contributed by atoms with Crippen molar-refractivity contribution in [3.05, 3.63) is 75.7 Å². The first-order valence-corrected chi connectivity index (χ1v) is 8.87. The van der Waals surface area contributed by atoms with Gasteiger partial charge in [0.25, 0.3) is 5.91 Å². The van der Waals surface area contributed by atoms with Gasteiger partial charge in [0.2, 0.25) is 0 Å². The molecule has 0 bridgehead atoms. The molecule has 0 radical (unpaired) electrons. The summed E-state index contributed by atoms with van der Waals surface area (Å²) in [5, 5.41) is 16.3. The molecule has 142 valence electrons. The van der Waals surface area contributed by atoms with Gasteiger partial charge in [-0.25, -0.2) is 0 Å². The summed E-state index contributed by atoms with van der Waals surface area (Å²) in [6, 6.07) is 12.6. The van der Waals surface area contributed by atoms with Crippen LogP contribution in [0.2, 0.25) is 0 Å². The Morgan fingerprint density at radius 2 is 2.00 bits per heavy atom. The van der Waals surface area contributed by atoms with Crippen molar-refractivity contribution in [3.8, 4) is 11.8 Å². The number of hydrogen-bond acceptors (Lipinski definition) is 5. The van der Waals surface area contributed by atoms with E-state index in [4.69, 9.17) is 9.26 Å². The molecule has 3 rings (SSSR count). The van der Waals surface area contributed by atoms with Gasteiger partial charge in [-0.2, -0.15) is 5.26 Å². The number of anilines is 1. The molecule has 1 aromatic heterocycles. The van der Waals surface area contributed by atoms with Gasteiger partial charge in [0.1, 0.15) is 24.2 Å². The molecule has 6 nitrogen and oxygen atoms in total. The van der Waals surface area contributed by atoms with E-state index in [2.05, 4.69) is 16.5 Å². The number of carbonyl (C=O) groups is 1. The predicted octanol–water partition coefficient (Wildman–Crippen LogP) is 4.61. The number of benzene rings is 2. The largest absolute Gasteiger partial charge is 0.489 e. The van der Waals surface area contributed by atoms with Crippen molar-refractivity contribution in [2.24, 2.45) is 0 Å². The number of ether oxygens (including phenoxy) is 1. The Hall–Kier alpha value is -3.59. The Morgan fingerprint density at radius 3 is 2.68 bits per heavy atom. The highest BCUT2D eigenvalue weighted by atomic mass is 16.5. The summed E-state index contributed by atoms with van der Waals surface area (Å²) in [6.45, 7) is 7.87. The zero-order chi connectivity index (χ0) is 20.3. The maximum atomic E-state index is 12.7. The van der Waals surface area contributed by atoms with E-state index >= 15 is 0 Å². The SMILES string of the molecule is Cc1cccc(NC(=O)c2ccc(OCc3c(C)noc3C)cc2C#N)c1C. The molecule has 0 aliphatic carbocycles. The second kappa shape index (κ2) is 7.97. The van der Waals surface area contributed by atoms with Crippen molar-refractivity contribution in [1.29, 1.82) is 5.26 Å². The molecule has 0 unspecified atom stereocenters. The molecule has 0 aliphatic heterocycles. The molecule has 0 saturated heterocycles. The fourth-order valence-electron chi connectivity index (χ4n) is 2.84. The third-order valence-electron chi connectivity index (χ3n) is 4.77. The van der Waals surface area contributed by atoms with Gasteiger partial charge in [0.05, 0.1) is 22.4 Å². The summed E-state index contributed by atoms with van der Waals surface area (Å²) in [5.41, 5.74) is 4.99. The van der Waals surface area contributed by atoms with Crippen LogP contribution in [-0.4, -0.2) is 11.1 Å². The minimum atomic E-state index is -0.331. The summed E-state index contributed by atoms with van der Waals surface area (Å²) in [6.07, 6.45) is 0. The molecule has 3 aromatic rings. The van der Waals surface area contributed by atoms with Crippen LogP contribution in [0.1, 0.15) is 44.1 Å². The van der Waals surface area contributed by atoms with Crippen LogP contribution < -0.4 is 10.1 Å². The van der Waals surface area contributed by atoms with Gasteiger partial charge in [0.15, 0.2) is 0 Å². The monoisotopic (exact) mass is 375 g/mol. The number of amides is 1. The summed E-state index contributed by atoms with van der Waals surface area (Å²) >= 11 is 0. The highest BCUT2D eigenvalue weighted by Crippen LogP contribution is 2.23. The zero-order valence-electron chi connectivity index (χ0n) is 16.3. The predicted molar refractivity (Wildman–Crippen MR) is 105 cm³/mol. The molecule has 2 aromatic carbocycles. The molecule has 28 heavy (non-hydrogen) atoms. The van der Waals surface area contributed by atoms with Gasteiger partial charge in [-0.1, -0.05) is 17.3 Å². The van der Waals surface area contributed by atoms with Crippen molar-refractivity contribution in [2.45, 2.75) is 34.3 Å². The highest BCUT2D eigenvalue weighted by Gasteiger charge is 2.15. The smallest absolute Gasteiger partial charge is 0.257 e. The van der Waals surface area contributed by atoms with Crippen LogP contribution in [0.4, 0.5) is 5.69 Å². The third-order valence-corrected chi connectivity index (χ3v) is 4.77. The van der Waals surface area contributed by atoms with Crippen molar-refractivity contribution in [1.82, 2.24) is 5.16 Å². The molecule has 0 aliphatic rings. The number of aryl methyl sites for hydroxylation is 3. The van der Waals surface area contributed by atoms with Crippen molar-refractivity contribution in [3.63, 3.8) is 0 Å². The second-order valence-corrected chi connectivity index (χ2v) is 6.61. The lowest BCUT2D eigenvalue weighted by Crippen LogP contribution is -2.14. The average molecular weight is 375 g/mol. The molecule has 1 N–H and O–H groups in total. The van der Waals surface area contributed by atoms with Crippen molar-refractivity contribution in [2.75, 3.05) is 5.32 Å². The van der Waals surface area contributed by atoms with E-state index in [1.54, 1.807) is 18.2 Å². The summed E-state index contributed by atoms with van der Waals surface area (Å²) in [4.78, 5) is 12.7. The van der Waals surface area contributed by atoms with Crippen LogP contribution >= 0.6 is 0 Å². The third kappa shape index (κ3) is 3.89. The van der Waals surface area contributed by atoms with E-state index < -0.39 is 0 Å². The molecule has 6 heteroatoms. The number of nitriles is 1. The topological polar surface area (TPSA) is 88.2 Å². The molecule has 1 heterocycles. The number of aromatic nitrogens is 1. The van der Waals surface area contributed by atoms with E-state index in [1.165, 1.54) is 0 Å². The Balaban J connectivity index is 1.78. The number of hydrogen-bond donors (Lipinski definition) is 1. The normalized spacial score (nSPS) is 10.4. The maximum absolute atomic E-state index is 12.7. The van der Waals surface area contributed by atoms with E-state index in [1.807, 2.05) is 45.9 Å². The molecular formula is C22H21N3O3. The molecule has 0 saturated carbocycles. The van der Waals surface area contributed by atoms with Crippen molar-refractivity contribution >= 4 is 11.6 Å². The second-order valence-electron chi connectivity index (χ2n) is 6.61. The van der Waals surface area contributed by atoms with Gasteiger partial charge < -0.3 is 14.6 Å². The van der Waals surface area contributed by atoms with Gasteiger partial charge in [-0.15, -0.1) is 0 Å². The van der Waals surface area contributed by atoms with E-state index in [0.717, 1.165) is 28.1 Å². The minimum Gasteiger partial charge on any atom is -0.489 e. The van der Waals surface area contributed by atoms with Gasteiger partial charge >= 0.3 is 0 Å². The Kier molecular flexibility index (Phi) is 5.46.